The first-order valence-electron chi connectivity index (χ1n) is 12.4. The van der Waals surface area contributed by atoms with Crippen LogP contribution in [0.5, 0.6) is 0 Å². The van der Waals surface area contributed by atoms with E-state index >= 15 is 0 Å². The first-order chi connectivity index (χ1) is 13.5. The third-order valence-electron chi connectivity index (χ3n) is 5.92. The molecule has 1 fully saturated rings. The molecule has 0 aromatic heterocycles. The fourth-order valence-corrected chi connectivity index (χ4v) is 6.15. The number of hydrogen-bond acceptors (Lipinski definition) is 3. The highest BCUT2D eigenvalue weighted by Crippen LogP contribution is 2.26. The van der Waals surface area contributed by atoms with Gasteiger partial charge in [-0.25, -0.2) is 0 Å². The summed E-state index contributed by atoms with van der Waals surface area (Å²) >= 11 is 0. The maximum atomic E-state index is 12.0. The van der Waals surface area contributed by atoms with E-state index in [2.05, 4.69) is 20.0 Å². The summed E-state index contributed by atoms with van der Waals surface area (Å²) in [5.41, 5.74) is 0. The van der Waals surface area contributed by atoms with Crippen molar-refractivity contribution in [2.24, 2.45) is 0 Å². The topological polar surface area (TPSA) is 35.5 Å². The van der Waals surface area contributed by atoms with Crippen molar-refractivity contribution in [3.8, 4) is 0 Å². The molecule has 1 unspecified atom stereocenters. The van der Waals surface area contributed by atoms with Crippen molar-refractivity contribution in [2.75, 3.05) is 0 Å². The lowest BCUT2D eigenvalue weighted by molar-refractivity contribution is -0.167. The van der Waals surface area contributed by atoms with Crippen molar-refractivity contribution in [3.63, 3.8) is 0 Å². The smallest absolute Gasteiger partial charge is 0.308 e. The summed E-state index contributed by atoms with van der Waals surface area (Å²) in [5.74, 6) is -0.0635. The first-order valence-corrected chi connectivity index (χ1v) is 15.5. The van der Waals surface area contributed by atoms with Crippen LogP contribution in [-0.4, -0.2) is 20.6 Å². The predicted octanol–water partition coefficient (Wildman–Crippen LogP) is 8.13. The molecule has 0 spiro atoms. The lowest BCUT2D eigenvalue weighted by atomic mass is 10.0. The molecule has 0 N–H and O–H groups in total. The summed E-state index contributed by atoms with van der Waals surface area (Å²) in [6, 6.07) is 1.18. The fourth-order valence-electron chi connectivity index (χ4n) is 4.10. The molecule has 1 aliphatic heterocycles. The first kappa shape index (κ1) is 25.7. The molecule has 1 rings (SSSR count). The van der Waals surface area contributed by atoms with Crippen LogP contribution in [0, 0.1) is 0 Å². The van der Waals surface area contributed by atoms with Crippen molar-refractivity contribution in [1.29, 1.82) is 0 Å². The number of ether oxygens (including phenoxy) is 1. The molecule has 28 heavy (non-hydrogen) atoms. The highest BCUT2D eigenvalue weighted by molar-refractivity contribution is 6.71. The molecule has 0 aromatic carbocycles. The molecule has 0 bridgehead atoms. The van der Waals surface area contributed by atoms with Gasteiger partial charge in [0, 0.05) is 12.8 Å². The minimum Gasteiger partial charge on any atom is -0.437 e. The fraction of sp³-hybridized carbons (Fsp3) is 0.958. The van der Waals surface area contributed by atoms with E-state index in [1.54, 1.807) is 0 Å². The molecule has 0 aromatic rings. The number of unbranched alkanes of at least 4 members (excludes halogenated alkanes) is 14. The van der Waals surface area contributed by atoms with Gasteiger partial charge in [0.2, 0.25) is 0 Å². The number of carbonyl (C=O) groups excluding carboxylic acids is 1. The summed E-state index contributed by atoms with van der Waals surface area (Å²) in [6.07, 6.45) is 22.5. The van der Waals surface area contributed by atoms with Gasteiger partial charge in [-0.15, -0.1) is 0 Å². The van der Waals surface area contributed by atoms with Crippen molar-refractivity contribution < 1.29 is 14.0 Å². The Hall–Kier alpha value is -0.353. The maximum Gasteiger partial charge on any atom is 0.308 e. The largest absolute Gasteiger partial charge is 0.437 e. The standard InChI is InChI=1S/C24H48O3Si/c1-4-5-6-7-8-9-10-11-12-13-14-15-16-17-18-20-23(25)26-24-21-19-22-28(2,3)27-24/h24H,4-22H2,1-3H3. The Labute approximate surface area is 176 Å². The van der Waals surface area contributed by atoms with Crippen LogP contribution in [0.1, 0.15) is 122 Å². The van der Waals surface area contributed by atoms with E-state index in [1.165, 1.54) is 89.5 Å². The second kappa shape index (κ2) is 16.4. The monoisotopic (exact) mass is 412 g/mol. The van der Waals surface area contributed by atoms with Gasteiger partial charge in [-0.1, -0.05) is 96.8 Å². The van der Waals surface area contributed by atoms with Gasteiger partial charge in [0.05, 0.1) is 0 Å². The molecule has 166 valence electrons. The van der Waals surface area contributed by atoms with Gasteiger partial charge in [-0.3, -0.25) is 4.79 Å². The Kier molecular flexibility index (Phi) is 15.1. The van der Waals surface area contributed by atoms with E-state index in [1.807, 2.05) is 0 Å². The molecular formula is C24H48O3Si. The van der Waals surface area contributed by atoms with Gasteiger partial charge < -0.3 is 9.16 Å². The highest BCUT2D eigenvalue weighted by Gasteiger charge is 2.32. The third kappa shape index (κ3) is 14.6. The van der Waals surface area contributed by atoms with E-state index < -0.39 is 8.32 Å². The van der Waals surface area contributed by atoms with Gasteiger partial charge in [-0.05, 0) is 32.0 Å². The minimum absolute atomic E-state index is 0.0635. The summed E-state index contributed by atoms with van der Waals surface area (Å²) in [4.78, 5) is 12.0. The quantitative estimate of drug-likeness (QED) is 0.137. The molecule has 1 saturated heterocycles. The van der Waals surface area contributed by atoms with Crippen molar-refractivity contribution in [1.82, 2.24) is 0 Å². The molecule has 1 heterocycles. The van der Waals surface area contributed by atoms with E-state index in [-0.39, 0.29) is 12.3 Å². The third-order valence-corrected chi connectivity index (χ3v) is 8.38. The van der Waals surface area contributed by atoms with Crippen LogP contribution in [0.3, 0.4) is 0 Å². The van der Waals surface area contributed by atoms with Crippen LogP contribution < -0.4 is 0 Å². The Morgan fingerprint density at radius 1 is 0.821 bits per heavy atom. The van der Waals surface area contributed by atoms with Gasteiger partial charge in [-0.2, -0.15) is 0 Å². The lowest BCUT2D eigenvalue weighted by Crippen LogP contribution is -2.41. The van der Waals surface area contributed by atoms with Crippen molar-refractivity contribution >= 4 is 14.3 Å². The number of carbonyl (C=O) groups is 1. The Bertz CT molecular complexity index is 384. The van der Waals surface area contributed by atoms with Gasteiger partial charge in [0.25, 0.3) is 0 Å². The van der Waals surface area contributed by atoms with E-state index in [4.69, 9.17) is 9.16 Å². The van der Waals surface area contributed by atoms with Crippen LogP contribution in [0.25, 0.3) is 0 Å². The zero-order valence-electron chi connectivity index (χ0n) is 19.2. The van der Waals surface area contributed by atoms with Crippen LogP contribution in [0.15, 0.2) is 0 Å². The number of rotatable bonds is 17. The molecule has 0 amide bonds. The second-order valence-electron chi connectivity index (χ2n) is 9.39. The molecule has 0 radical (unpaired) electrons. The molecule has 0 aliphatic carbocycles. The Balaban J connectivity index is 1.81. The van der Waals surface area contributed by atoms with Gasteiger partial charge in [0.1, 0.15) is 0 Å². The van der Waals surface area contributed by atoms with Crippen LogP contribution in [-0.2, 0) is 14.0 Å². The highest BCUT2D eigenvalue weighted by atomic mass is 28.4. The van der Waals surface area contributed by atoms with Crippen LogP contribution in [0.2, 0.25) is 19.1 Å². The second-order valence-corrected chi connectivity index (χ2v) is 13.6. The average Bonchev–Trinajstić information content (AvgIpc) is 2.64. The van der Waals surface area contributed by atoms with Crippen LogP contribution >= 0.6 is 0 Å². The zero-order chi connectivity index (χ0) is 20.5. The predicted molar refractivity (Wildman–Crippen MR) is 122 cm³/mol. The van der Waals surface area contributed by atoms with E-state index in [0.717, 1.165) is 25.7 Å². The molecule has 1 atom stereocenters. The van der Waals surface area contributed by atoms with Crippen molar-refractivity contribution in [2.45, 2.75) is 148 Å². The van der Waals surface area contributed by atoms with Gasteiger partial charge in [0.15, 0.2) is 14.6 Å². The molecular weight excluding hydrogens is 364 g/mol. The summed E-state index contributed by atoms with van der Waals surface area (Å²) in [6.45, 7) is 6.70. The maximum absolute atomic E-state index is 12.0. The number of hydrogen-bond donors (Lipinski definition) is 0. The summed E-state index contributed by atoms with van der Waals surface area (Å²) < 4.78 is 11.5. The molecule has 0 saturated carbocycles. The number of esters is 1. The van der Waals surface area contributed by atoms with E-state index in [9.17, 15) is 4.79 Å². The summed E-state index contributed by atoms with van der Waals surface area (Å²) in [5, 5.41) is 0. The lowest BCUT2D eigenvalue weighted by Gasteiger charge is -2.33. The Morgan fingerprint density at radius 3 is 1.75 bits per heavy atom. The van der Waals surface area contributed by atoms with Crippen molar-refractivity contribution in [3.05, 3.63) is 0 Å². The van der Waals surface area contributed by atoms with Crippen LogP contribution in [0.4, 0.5) is 0 Å². The van der Waals surface area contributed by atoms with E-state index in [0.29, 0.717) is 6.42 Å². The molecule has 3 nitrogen and oxygen atoms in total. The zero-order valence-corrected chi connectivity index (χ0v) is 20.2. The summed E-state index contributed by atoms with van der Waals surface area (Å²) in [7, 11) is -1.57. The molecule has 4 heteroatoms. The molecule has 1 aliphatic rings. The minimum atomic E-state index is -1.57. The SMILES string of the molecule is CCCCCCCCCCCCCCCCCC(=O)OC1CCC[Si](C)(C)O1. The normalized spacial score (nSPS) is 18.9. The average molecular weight is 413 g/mol. The van der Waals surface area contributed by atoms with Gasteiger partial charge >= 0.3 is 5.97 Å². The Morgan fingerprint density at radius 2 is 1.29 bits per heavy atom.